The average molecular weight is 546 g/mol. The van der Waals surface area contributed by atoms with Crippen LogP contribution in [0.25, 0.3) is 22.0 Å². The Kier molecular flexibility index (Phi) is 7.60. The van der Waals surface area contributed by atoms with Crippen LogP contribution in [0.1, 0.15) is 41.8 Å². The van der Waals surface area contributed by atoms with Gasteiger partial charge in [0, 0.05) is 5.56 Å². The number of ether oxygens (including phenoxy) is 2. The number of amides is 1. The van der Waals surface area contributed by atoms with E-state index in [0.717, 1.165) is 29.5 Å². The second-order valence-electron chi connectivity index (χ2n) is 10.1. The van der Waals surface area contributed by atoms with Crippen LogP contribution in [0.2, 0.25) is 0 Å². The molecular formula is C34H31N3O4. The lowest BCUT2D eigenvalue weighted by molar-refractivity contribution is 0.0347. The third kappa shape index (κ3) is 5.62. The summed E-state index contributed by atoms with van der Waals surface area (Å²) in [6.45, 7) is 2.53. The predicted molar refractivity (Wildman–Crippen MR) is 160 cm³/mol. The Bertz CT molecular complexity index is 1720. The Hall–Kier alpha value is -4.75. The zero-order valence-electron chi connectivity index (χ0n) is 22.8. The second-order valence-corrected chi connectivity index (χ2v) is 10.1. The predicted octanol–water partition coefficient (Wildman–Crippen LogP) is 6.63. The molecule has 1 aromatic heterocycles. The zero-order valence-corrected chi connectivity index (χ0v) is 22.8. The van der Waals surface area contributed by atoms with Crippen LogP contribution in [0.5, 0.6) is 5.75 Å². The summed E-state index contributed by atoms with van der Waals surface area (Å²) in [7, 11) is 0. The molecule has 2 atom stereocenters. The number of hydrogen-bond donors (Lipinski definition) is 1. The van der Waals surface area contributed by atoms with Crippen molar-refractivity contribution in [2.45, 2.75) is 38.5 Å². The number of carbonyl (C=O) groups is 1. The number of carbonyl (C=O) groups excluding carboxylic acids is 1. The summed E-state index contributed by atoms with van der Waals surface area (Å²) < 4.78 is 13.9. The van der Waals surface area contributed by atoms with E-state index < -0.39 is 0 Å². The summed E-state index contributed by atoms with van der Waals surface area (Å²) in [6, 6.07) is 32.6. The third-order valence-corrected chi connectivity index (χ3v) is 7.36. The normalized spacial score (nSPS) is 16.5. The summed E-state index contributed by atoms with van der Waals surface area (Å²) >= 11 is 0. The van der Waals surface area contributed by atoms with E-state index >= 15 is 0 Å². The third-order valence-electron chi connectivity index (χ3n) is 7.36. The Morgan fingerprint density at radius 2 is 1.61 bits per heavy atom. The molecule has 0 bridgehead atoms. The first kappa shape index (κ1) is 26.5. The van der Waals surface area contributed by atoms with E-state index in [1.165, 1.54) is 4.57 Å². The number of benzene rings is 4. The van der Waals surface area contributed by atoms with Gasteiger partial charge >= 0.3 is 0 Å². The molecule has 2 unspecified atom stereocenters. The molecule has 1 fully saturated rings. The maximum Gasteiger partial charge on any atom is 0.266 e. The Morgan fingerprint density at radius 3 is 2.32 bits per heavy atom. The lowest BCUT2D eigenvalue weighted by Crippen LogP contribution is -2.31. The van der Waals surface area contributed by atoms with Crippen LogP contribution in [0, 0.1) is 0 Å². The molecule has 1 amide bonds. The number of nitrogens with one attached hydrogen (secondary N) is 1. The van der Waals surface area contributed by atoms with E-state index in [2.05, 4.69) is 17.4 Å². The summed E-state index contributed by atoms with van der Waals surface area (Å²) in [5, 5.41) is 3.28. The molecule has 0 spiro atoms. The van der Waals surface area contributed by atoms with Crippen molar-refractivity contribution in [2.75, 3.05) is 11.9 Å². The highest BCUT2D eigenvalue weighted by Gasteiger charge is 2.29. The SMILES string of the molecule is CCOc1cc(-c2ccccc2)cc2nc(NC(=O)c3ccccc3)n(CC3CCC(c4ccccc4)O3)c(=O)c12. The van der Waals surface area contributed by atoms with Crippen molar-refractivity contribution in [1.29, 1.82) is 0 Å². The first-order valence-corrected chi connectivity index (χ1v) is 13.9. The minimum absolute atomic E-state index is 0.0416. The molecule has 1 N–H and O–H groups in total. The number of fused-ring (bicyclic) bond motifs is 1. The van der Waals surface area contributed by atoms with E-state index in [9.17, 15) is 9.59 Å². The molecule has 0 saturated carbocycles. The summed E-state index contributed by atoms with van der Waals surface area (Å²) in [6.07, 6.45) is 1.37. The van der Waals surface area contributed by atoms with Crippen LogP contribution >= 0.6 is 0 Å². The lowest BCUT2D eigenvalue weighted by Gasteiger charge is -2.20. The van der Waals surface area contributed by atoms with E-state index in [0.29, 0.717) is 28.8 Å². The van der Waals surface area contributed by atoms with Crippen molar-refractivity contribution in [1.82, 2.24) is 9.55 Å². The molecule has 1 saturated heterocycles. The van der Waals surface area contributed by atoms with E-state index in [1.807, 2.05) is 73.7 Å². The maximum absolute atomic E-state index is 14.2. The zero-order chi connectivity index (χ0) is 28.2. The van der Waals surface area contributed by atoms with Crippen molar-refractivity contribution in [3.63, 3.8) is 0 Å². The van der Waals surface area contributed by atoms with Gasteiger partial charge in [0.05, 0.1) is 30.9 Å². The van der Waals surface area contributed by atoms with Gasteiger partial charge in [0.15, 0.2) is 0 Å². The fraction of sp³-hybridized carbons (Fsp3) is 0.206. The molecule has 5 aromatic rings. The highest BCUT2D eigenvalue weighted by atomic mass is 16.5. The van der Waals surface area contributed by atoms with E-state index in [1.54, 1.807) is 24.3 Å². The molecule has 7 nitrogen and oxygen atoms in total. The van der Waals surface area contributed by atoms with E-state index in [-0.39, 0.29) is 36.2 Å². The molecule has 1 aliphatic heterocycles. The summed E-state index contributed by atoms with van der Waals surface area (Å²) in [5.74, 6) is 0.297. The summed E-state index contributed by atoms with van der Waals surface area (Å²) in [4.78, 5) is 32.3. The van der Waals surface area contributed by atoms with Crippen LogP contribution in [-0.2, 0) is 11.3 Å². The highest BCUT2D eigenvalue weighted by Crippen LogP contribution is 2.34. The monoisotopic (exact) mass is 545 g/mol. The second kappa shape index (κ2) is 11.8. The standard InChI is InChI=1S/C34H31N3O4/c1-2-40-30-21-26(23-12-6-3-7-13-23)20-28-31(30)33(39)37(34(35-28)36-32(38)25-16-10-5-11-17-25)22-27-18-19-29(41-27)24-14-8-4-9-15-24/h3-17,20-21,27,29H,2,18-19,22H2,1H3,(H,35,36,38). The minimum atomic E-state index is -0.343. The van der Waals surface area contributed by atoms with Crippen molar-refractivity contribution in [2.24, 2.45) is 0 Å². The minimum Gasteiger partial charge on any atom is -0.493 e. The molecule has 7 heteroatoms. The smallest absolute Gasteiger partial charge is 0.266 e. The van der Waals surface area contributed by atoms with Crippen molar-refractivity contribution < 1.29 is 14.3 Å². The molecular weight excluding hydrogens is 514 g/mol. The fourth-order valence-electron chi connectivity index (χ4n) is 5.36. The maximum atomic E-state index is 14.2. The summed E-state index contributed by atoms with van der Waals surface area (Å²) in [5.41, 5.74) is 3.60. The molecule has 1 aliphatic rings. The van der Waals surface area contributed by atoms with Crippen molar-refractivity contribution in [3.05, 3.63) is 125 Å². The quantitative estimate of drug-likeness (QED) is 0.237. The molecule has 4 aromatic carbocycles. The van der Waals surface area contributed by atoms with Crippen LogP contribution in [-0.4, -0.2) is 28.2 Å². The molecule has 6 rings (SSSR count). The fourth-order valence-corrected chi connectivity index (χ4v) is 5.36. The highest BCUT2D eigenvalue weighted by molar-refractivity contribution is 6.04. The molecule has 206 valence electrons. The molecule has 0 aliphatic carbocycles. The van der Waals surface area contributed by atoms with Gasteiger partial charge in [0.2, 0.25) is 5.95 Å². The topological polar surface area (TPSA) is 82.4 Å². The van der Waals surface area contributed by atoms with Gasteiger partial charge in [-0.25, -0.2) is 4.98 Å². The van der Waals surface area contributed by atoms with Gasteiger partial charge in [0.25, 0.3) is 11.5 Å². The van der Waals surface area contributed by atoms with Gasteiger partial charge in [-0.2, -0.15) is 0 Å². The van der Waals surface area contributed by atoms with Gasteiger partial charge in [-0.1, -0.05) is 78.9 Å². The van der Waals surface area contributed by atoms with Crippen molar-refractivity contribution in [3.8, 4) is 16.9 Å². The Morgan fingerprint density at radius 1 is 0.927 bits per heavy atom. The first-order valence-electron chi connectivity index (χ1n) is 13.9. The van der Waals surface area contributed by atoms with Gasteiger partial charge in [-0.15, -0.1) is 0 Å². The van der Waals surface area contributed by atoms with Gasteiger partial charge < -0.3 is 9.47 Å². The van der Waals surface area contributed by atoms with Crippen LogP contribution in [0.4, 0.5) is 5.95 Å². The average Bonchev–Trinajstić information content (AvgIpc) is 3.49. The van der Waals surface area contributed by atoms with Crippen molar-refractivity contribution >= 4 is 22.8 Å². The first-order chi connectivity index (χ1) is 20.1. The van der Waals surface area contributed by atoms with Gasteiger partial charge in [-0.05, 0) is 60.7 Å². The molecule has 2 heterocycles. The van der Waals surface area contributed by atoms with Gasteiger partial charge in [-0.3, -0.25) is 19.5 Å². The van der Waals surface area contributed by atoms with Crippen LogP contribution in [0.15, 0.2) is 108 Å². The van der Waals surface area contributed by atoms with Crippen LogP contribution < -0.4 is 15.6 Å². The number of rotatable bonds is 8. The number of hydrogen-bond acceptors (Lipinski definition) is 5. The molecule has 0 radical (unpaired) electrons. The molecule has 41 heavy (non-hydrogen) atoms. The Labute approximate surface area is 238 Å². The largest absolute Gasteiger partial charge is 0.493 e. The lowest BCUT2D eigenvalue weighted by atomic mass is 10.0. The van der Waals surface area contributed by atoms with Gasteiger partial charge in [0.1, 0.15) is 11.1 Å². The van der Waals surface area contributed by atoms with Crippen LogP contribution in [0.3, 0.4) is 0 Å². The van der Waals surface area contributed by atoms with E-state index in [4.69, 9.17) is 14.5 Å². The Balaban J connectivity index is 1.44. The number of anilines is 1. The number of aromatic nitrogens is 2. The number of nitrogens with zero attached hydrogens (tertiary/aromatic N) is 2.